The van der Waals surface area contributed by atoms with Crippen LogP contribution in [0.2, 0.25) is 0 Å². The molecule has 1 heterocycles. The molecule has 1 unspecified atom stereocenters. The molecule has 1 saturated heterocycles. The predicted octanol–water partition coefficient (Wildman–Crippen LogP) is 2.51. The van der Waals surface area contributed by atoms with Gasteiger partial charge in [0.15, 0.2) is 0 Å². The fourth-order valence-electron chi connectivity index (χ4n) is 2.07. The van der Waals surface area contributed by atoms with E-state index in [0.29, 0.717) is 24.3 Å². The summed E-state index contributed by atoms with van der Waals surface area (Å²) in [6.07, 6.45) is 3.70. The fraction of sp³-hybridized carbons (Fsp3) is 0.500. The van der Waals surface area contributed by atoms with E-state index >= 15 is 0 Å². The second-order valence-corrected chi connectivity index (χ2v) is 4.75. The average Bonchev–Trinajstić information content (AvgIpc) is 2.46. The Balaban J connectivity index is 1.95. The Morgan fingerprint density at radius 2 is 2.25 bits per heavy atom. The van der Waals surface area contributed by atoms with Gasteiger partial charge in [0.25, 0.3) is 0 Å². The Labute approximate surface area is 118 Å². The highest BCUT2D eigenvalue weighted by molar-refractivity contribution is 5.40. The maximum absolute atomic E-state index is 13.5. The van der Waals surface area contributed by atoms with E-state index in [9.17, 15) is 4.39 Å². The average molecular weight is 278 g/mol. The van der Waals surface area contributed by atoms with Crippen LogP contribution in [0.5, 0.6) is 5.75 Å². The van der Waals surface area contributed by atoms with Gasteiger partial charge in [0, 0.05) is 24.7 Å². The van der Waals surface area contributed by atoms with Gasteiger partial charge in [-0.25, -0.2) is 4.39 Å². The van der Waals surface area contributed by atoms with Crippen LogP contribution in [0.4, 0.5) is 4.39 Å². The molecule has 0 aliphatic carbocycles. The third-order valence-electron chi connectivity index (χ3n) is 3.05. The number of aliphatic hydroxyl groups excluding tert-OH is 1. The molecule has 1 aliphatic heterocycles. The topological polar surface area (TPSA) is 38.7 Å². The van der Waals surface area contributed by atoms with E-state index in [0.717, 1.165) is 25.9 Å². The van der Waals surface area contributed by atoms with Gasteiger partial charge >= 0.3 is 0 Å². The van der Waals surface area contributed by atoms with E-state index in [1.54, 1.807) is 6.07 Å². The molecule has 1 N–H and O–H groups in total. The number of rotatable bonds is 4. The standard InChI is InChI=1S/C16H19FO3/c17-14-9-13(5-1-3-7-18)10-16(11-14)20-12-15-6-2-4-8-19-15/h9-11,15,18H,2-4,6-8,12H2. The second-order valence-electron chi connectivity index (χ2n) is 4.75. The first-order chi connectivity index (χ1) is 9.78. The van der Waals surface area contributed by atoms with Crippen molar-refractivity contribution in [2.45, 2.75) is 31.8 Å². The third kappa shape index (κ3) is 4.84. The lowest BCUT2D eigenvalue weighted by molar-refractivity contribution is -0.0111. The van der Waals surface area contributed by atoms with Gasteiger partial charge in [0.05, 0.1) is 12.7 Å². The fourth-order valence-corrected chi connectivity index (χ4v) is 2.07. The Bertz CT molecular complexity index is 484. The lowest BCUT2D eigenvalue weighted by Crippen LogP contribution is -2.25. The van der Waals surface area contributed by atoms with Gasteiger partial charge in [-0.2, -0.15) is 0 Å². The first-order valence-corrected chi connectivity index (χ1v) is 6.92. The van der Waals surface area contributed by atoms with Crippen molar-refractivity contribution in [3.05, 3.63) is 29.6 Å². The zero-order valence-electron chi connectivity index (χ0n) is 11.4. The third-order valence-corrected chi connectivity index (χ3v) is 3.05. The molecule has 4 heteroatoms. The maximum Gasteiger partial charge on any atom is 0.128 e. The molecule has 1 aromatic carbocycles. The normalized spacial score (nSPS) is 18.2. The van der Waals surface area contributed by atoms with Gasteiger partial charge in [0.2, 0.25) is 0 Å². The minimum absolute atomic E-state index is 0.00465. The molecule has 1 fully saturated rings. The van der Waals surface area contributed by atoms with Crippen LogP contribution in [-0.2, 0) is 4.74 Å². The van der Waals surface area contributed by atoms with Crippen molar-refractivity contribution in [2.75, 3.05) is 19.8 Å². The van der Waals surface area contributed by atoms with Gasteiger partial charge in [-0.1, -0.05) is 11.8 Å². The summed E-state index contributed by atoms with van der Waals surface area (Å²) in [6, 6.07) is 4.41. The van der Waals surface area contributed by atoms with Crippen LogP contribution in [0.3, 0.4) is 0 Å². The molecular weight excluding hydrogens is 259 g/mol. The summed E-state index contributed by atoms with van der Waals surface area (Å²) in [5, 5.41) is 8.67. The lowest BCUT2D eigenvalue weighted by Gasteiger charge is -2.22. The second kappa shape index (κ2) is 7.88. The van der Waals surface area contributed by atoms with E-state index in [2.05, 4.69) is 11.8 Å². The first kappa shape index (κ1) is 14.8. The monoisotopic (exact) mass is 278 g/mol. The first-order valence-electron chi connectivity index (χ1n) is 6.92. The minimum atomic E-state index is -0.375. The summed E-state index contributed by atoms with van der Waals surface area (Å²) in [5.74, 6) is 5.66. The zero-order chi connectivity index (χ0) is 14.2. The van der Waals surface area contributed by atoms with Crippen LogP contribution in [0, 0.1) is 17.7 Å². The van der Waals surface area contributed by atoms with E-state index in [1.165, 1.54) is 12.1 Å². The number of aliphatic hydroxyl groups is 1. The van der Waals surface area contributed by atoms with Crippen LogP contribution < -0.4 is 4.74 Å². The quantitative estimate of drug-likeness (QED) is 0.860. The SMILES string of the molecule is OCCC#Cc1cc(F)cc(OCC2CCCCO2)c1. The van der Waals surface area contributed by atoms with Gasteiger partial charge in [-0.3, -0.25) is 0 Å². The number of halogens is 1. The van der Waals surface area contributed by atoms with Crippen LogP contribution in [0.1, 0.15) is 31.2 Å². The van der Waals surface area contributed by atoms with Crippen molar-refractivity contribution in [3.63, 3.8) is 0 Å². The Morgan fingerprint density at radius 3 is 3.00 bits per heavy atom. The van der Waals surface area contributed by atoms with Gasteiger partial charge in [-0.05, 0) is 31.4 Å². The maximum atomic E-state index is 13.5. The van der Waals surface area contributed by atoms with Crippen LogP contribution in [0.15, 0.2) is 18.2 Å². The van der Waals surface area contributed by atoms with E-state index < -0.39 is 0 Å². The molecule has 0 bridgehead atoms. The molecule has 1 aromatic rings. The van der Waals surface area contributed by atoms with Gasteiger partial charge < -0.3 is 14.6 Å². The Morgan fingerprint density at radius 1 is 1.35 bits per heavy atom. The van der Waals surface area contributed by atoms with Crippen molar-refractivity contribution in [3.8, 4) is 17.6 Å². The van der Waals surface area contributed by atoms with Crippen molar-refractivity contribution >= 4 is 0 Å². The molecule has 0 spiro atoms. The highest BCUT2D eigenvalue weighted by Crippen LogP contribution is 2.18. The molecular formula is C16H19FO3. The van der Waals surface area contributed by atoms with Gasteiger partial charge in [0.1, 0.15) is 18.2 Å². The molecule has 3 nitrogen and oxygen atoms in total. The van der Waals surface area contributed by atoms with Crippen molar-refractivity contribution in [1.82, 2.24) is 0 Å². The van der Waals surface area contributed by atoms with Gasteiger partial charge in [-0.15, -0.1) is 0 Å². The smallest absolute Gasteiger partial charge is 0.128 e. The minimum Gasteiger partial charge on any atom is -0.491 e. The molecule has 2 rings (SSSR count). The molecule has 1 atom stereocenters. The lowest BCUT2D eigenvalue weighted by atomic mass is 10.1. The molecule has 0 amide bonds. The Kier molecular flexibility index (Phi) is 5.85. The van der Waals surface area contributed by atoms with E-state index in [-0.39, 0.29) is 18.5 Å². The van der Waals surface area contributed by atoms with E-state index in [4.69, 9.17) is 14.6 Å². The van der Waals surface area contributed by atoms with Crippen LogP contribution in [-0.4, -0.2) is 31.0 Å². The molecule has 108 valence electrons. The summed E-state index contributed by atoms with van der Waals surface area (Å²) >= 11 is 0. The van der Waals surface area contributed by atoms with Crippen molar-refractivity contribution < 1.29 is 19.0 Å². The predicted molar refractivity (Wildman–Crippen MR) is 74.1 cm³/mol. The zero-order valence-corrected chi connectivity index (χ0v) is 11.4. The number of benzene rings is 1. The summed E-state index contributed by atoms with van der Waals surface area (Å²) in [4.78, 5) is 0. The summed E-state index contributed by atoms with van der Waals surface area (Å²) in [7, 11) is 0. The summed E-state index contributed by atoms with van der Waals surface area (Å²) < 4.78 is 24.6. The number of hydrogen-bond donors (Lipinski definition) is 1. The molecule has 0 saturated carbocycles. The molecule has 20 heavy (non-hydrogen) atoms. The van der Waals surface area contributed by atoms with Crippen molar-refractivity contribution in [1.29, 1.82) is 0 Å². The summed E-state index contributed by atoms with van der Waals surface area (Å²) in [6.45, 7) is 1.21. The Hall–Kier alpha value is -1.57. The number of ether oxygens (including phenoxy) is 2. The molecule has 0 radical (unpaired) electrons. The van der Waals surface area contributed by atoms with E-state index in [1.807, 2.05) is 0 Å². The number of hydrogen-bond acceptors (Lipinski definition) is 3. The largest absolute Gasteiger partial charge is 0.491 e. The van der Waals surface area contributed by atoms with Crippen LogP contribution in [0.25, 0.3) is 0 Å². The highest BCUT2D eigenvalue weighted by Gasteiger charge is 2.14. The molecule has 1 aliphatic rings. The summed E-state index contributed by atoms with van der Waals surface area (Å²) in [5.41, 5.74) is 0.554. The highest BCUT2D eigenvalue weighted by atomic mass is 19.1. The van der Waals surface area contributed by atoms with Crippen LogP contribution >= 0.6 is 0 Å². The van der Waals surface area contributed by atoms with Crippen molar-refractivity contribution in [2.24, 2.45) is 0 Å². The molecule has 0 aromatic heterocycles.